The van der Waals surface area contributed by atoms with Crippen LogP contribution in [0.25, 0.3) is 0 Å². The second-order valence-electron chi connectivity index (χ2n) is 5.23. The second kappa shape index (κ2) is 3.58. The normalized spacial score (nSPS) is 20.8. The first-order valence-corrected chi connectivity index (χ1v) is 5.37. The molecule has 0 atom stereocenters. The third kappa shape index (κ3) is 2.44. The van der Waals surface area contributed by atoms with Gasteiger partial charge in [0.2, 0.25) is 0 Å². The van der Waals surface area contributed by atoms with Crippen LogP contribution < -0.4 is 5.73 Å². The van der Waals surface area contributed by atoms with Crippen LogP contribution in [-0.4, -0.2) is 30.6 Å². The molecule has 1 aliphatic carbocycles. The highest BCUT2D eigenvalue weighted by atomic mass is 15.2. The topological polar surface area (TPSA) is 29.3 Å². The SMILES string of the molecule is CCC(C)(C)N(C)CC1(CN)CC1. The number of nitrogens with zero attached hydrogens (tertiary/aromatic N) is 1. The third-order valence-corrected chi connectivity index (χ3v) is 3.86. The Labute approximate surface area is 82.5 Å². The van der Waals surface area contributed by atoms with Crippen molar-refractivity contribution in [3.8, 4) is 0 Å². The van der Waals surface area contributed by atoms with E-state index in [0.29, 0.717) is 11.0 Å². The molecule has 1 saturated carbocycles. The number of nitrogens with two attached hydrogens (primary N) is 1. The molecule has 0 aromatic rings. The van der Waals surface area contributed by atoms with E-state index in [1.165, 1.54) is 25.8 Å². The molecule has 0 heterocycles. The Morgan fingerprint density at radius 3 is 2.23 bits per heavy atom. The molecular weight excluding hydrogens is 160 g/mol. The molecule has 1 rings (SSSR count). The van der Waals surface area contributed by atoms with Crippen LogP contribution in [0.2, 0.25) is 0 Å². The van der Waals surface area contributed by atoms with Gasteiger partial charge in [0.25, 0.3) is 0 Å². The standard InChI is InChI=1S/C11H24N2/c1-5-10(2,3)13(4)9-11(8-12)6-7-11/h5-9,12H2,1-4H3. The van der Waals surface area contributed by atoms with E-state index in [4.69, 9.17) is 5.73 Å². The molecule has 0 aliphatic heterocycles. The van der Waals surface area contributed by atoms with Gasteiger partial charge in [0.1, 0.15) is 0 Å². The Morgan fingerprint density at radius 1 is 1.38 bits per heavy atom. The average Bonchev–Trinajstić information content (AvgIpc) is 2.85. The molecule has 0 unspecified atom stereocenters. The van der Waals surface area contributed by atoms with Crippen LogP contribution in [0, 0.1) is 5.41 Å². The van der Waals surface area contributed by atoms with Crippen molar-refractivity contribution >= 4 is 0 Å². The van der Waals surface area contributed by atoms with E-state index in [2.05, 4.69) is 32.7 Å². The van der Waals surface area contributed by atoms with Crippen molar-refractivity contribution in [1.29, 1.82) is 0 Å². The molecule has 0 amide bonds. The summed E-state index contributed by atoms with van der Waals surface area (Å²) in [5, 5.41) is 0. The summed E-state index contributed by atoms with van der Waals surface area (Å²) in [6, 6.07) is 0. The molecule has 0 aromatic heterocycles. The molecule has 13 heavy (non-hydrogen) atoms. The molecular formula is C11H24N2. The molecule has 1 fully saturated rings. The van der Waals surface area contributed by atoms with Gasteiger partial charge < -0.3 is 10.6 Å². The van der Waals surface area contributed by atoms with Crippen LogP contribution in [0.1, 0.15) is 40.0 Å². The Hall–Kier alpha value is -0.0800. The summed E-state index contributed by atoms with van der Waals surface area (Å²) >= 11 is 0. The van der Waals surface area contributed by atoms with Crippen molar-refractivity contribution in [2.75, 3.05) is 20.1 Å². The van der Waals surface area contributed by atoms with Crippen LogP contribution in [0.5, 0.6) is 0 Å². The van der Waals surface area contributed by atoms with Gasteiger partial charge in [0.15, 0.2) is 0 Å². The Kier molecular flexibility index (Phi) is 3.03. The maximum atomic E-state index is 5.78. The minimum absolute atomic E-state index is 0.324. The molecule has 0 spiro atoms. The highest BCUT2D eigenvalue weighted by Crippen LogP contribution is 2.45. The smallest absolute Gasteiger partial charge is 0.0147 e. The molecule has 1 aliphatic rings. The summed E-state index contributed by atoms with van der Waals surface area (Å²) < 4.78 is 0. The first-order valence-electron chi connectivity index (χ1n) is 5.37. The van der Waals surface area contributed by atoms with Crippen LogP contribution >= 0.6 is 0 Å². The lowest BCUT2D eigenvalue weighted by Crippen LogP contribution is -2.44. The zero-order chi connectivity index (χ0) is 10.1. The molecule has 2 N–H and O–H groups in total. The van der Waals surface area contributed by atoms with Gasteiger partial charge in [-0.3, -0.25) is 0 Å². The van der Waals surface area contributed by atoms with Crippen molar-refractivity contribution in [2.24, 2.45) is 11.1 Å². The molecule has 78 valence electrons. The van der Waals surface area contributed by atoms with Crippen molar-refractivity contribution in [1.82, 2.24) is 4.90 Å². The van der Waals surface area contributed by atoms with Gasteiger partial charge >= 0.3 is 0 Å². The van der Waals surface area contributed by atoms with Crippen molar-refractivity contribution < 1.29 is 0 Å². The predicted octanol–water partition coefficient (Wildman–Crippen LogP) is 1.85. The quantitative estimate of drug-likeness (QED) is 0.706. The highest BCUT2D eigenvalue weighted by Gasteiger charge is 2.43. The number of hydrogen-bond acceptors (Lipinski definition) is 2. The summed E-state index contributed by atoms with van der Waals surface area (Å²) in [6.07, 6.45) is 3.85. The molecule has 2 nitrogen and oxygen atoms in total. The second-order valence-corrected chi connectivity index (χ2v) is 5.23. The zero-order valence-corrected chi connectivity index (χ0v) is 9.56. The average molecular weight is 184 g/mol. The molecule has 2 heteroatoms. The summed E-state index contributed by atoms with van der Waals surface area (Å²) in [5.41, 5.74) is 6.57. The fourth-order valence-corrected chi connectivity index (χ4v) is 1.59. The van der Waals surface area contributed by atoms with Gasteiger partial charge in [-0.15, -0.1) is 0 Å². The summed E-state index contributed by atoms with van der Waals surface area (Å²) in [6.45, 7) is 8.89. The molecule has 0 radical (unpaired) electrons. The summed E-state index contributed by atoms with van der Waals surface area (Å²) in [5.74, 6) is 0. The van der Waals surface area contributed by atoms with E-state index < -0.39 is 0 Å². The van der Waals surface area contributed by atoms with Gasteiger partial charge in [-0.2, -0.15) is 0 Å². The largest absolute Gasteiger partial charge is 0.330 e. The van der Waals surface area contributed by atoms with Crippen LogP contribution in [0.15, 0.2) is 0 Å². The number of hydrogen-bond donors (Lipinski definition) is 1. The van der Waals surface area contributed by atoms with Gasteiger partial charge in [0.05, 0.1) is 0 Å². The van der Waals surface area contributed by atoms with Crippen molar-refractivity contribution in [3.05, 3.63) is 0 Å². The van der Waals surface area contributed by atoms with Gasteiger partial charge in [0, 0.05) is 12.1 Å². The minimum Gasteiger partial charge on any atom is -0.330 e. The monoisotopic (exact) mass is 184 g/mol. The Balaban J connectivity index is 2.45. The van der Waals surface area contributed by atoms with Crippen LogP contribution in [0.3, 0.4) is 0 Å². The fourth-order valence-electron chi connectivity index (χ4n) is 1.59. The van der Waals surface area contributed by atoms with E-state index in [-0.39, 0.29) is 0 Å². The Morgan fingerprint density at radius 2 is 1.92 bits per heavy atom. The lowest BCUT2D eigenvalue weighted by molar-refractivity contribution is 0.122. The van der Waals surface area contributed by atoms with Gasteiger partial charge in [-0.25, -0.2) is 0 Å². The minimum atomic E-state index is 0.324. The first-order chi connectivity index (χ1) is 5.96. The third-order valence-electron chi connectivity index (χ3n) is 3.86. The van der Waals surface area contributed by atoms with E-state index >= 15 is 0 Å². The molecule has 0 bridgehead atoms. The van der Waals surface area contributed by atoms with Gasteiger partial charge in [-0.05, 0) is 52.1 Å². The van der Waals surface area contributed by atoms with Crippen molar-refractivity contribution in [3.63, 3.8) is 0 Å². The van der Waals surface area contributed by atoms with Gasteiger partial charge in [-0.1, -0.05) is 6.92 Å². The lowest BCUT2D eigenvalue weighted by Gasteiger charge is -2.37. The van der Waals surface area contributed by atoms with E-state index in [0.717, 1.165) is 6.54 Å². The maximum absolute atomic E-state index is 5.78. The predicted molar refractivity (Wildman–Crippen MR) is 57.7 cm³/mol. The molecule has 0 saturated heterocycles. The van der Waals surface area contributed by atoms with E-state index in [1.54, 1.807) is 0 Å². The summed E-state index contributed by atoms with van der Waals surface area (Å²) in [7, 11) is 2.22. The Bertz CT molecular complexity index is 171. The fraction of sp³-hybridized carbons (Fsp3) is 1.00. The maximum Gasteiger partial charge on any atom is 0.0147 e. The highest BCUT2D eigenvalue weighted by molar-refractivity contribution is 4.97. The van der Waals surface area contributed by atoms with Crippen molar-refractivity contribution in [2.45, 2.75) is 45.6 Å². The van der Waals surface area contributed by atoms with Crippen LogP contribution in [-0.2, 0) is 0 Å². The lowest BCUT2D eigenvalue weighted by atomic mass is 9.97. The molecule has 0 aromatic carbocycles. The number of rotatable bonds is 5. The van der Waals surface area contributed by atoms with Crippen LogP contribution in [0.4, 0.5) is 0 Å². The zero-order valence-electron chi connectivity index (χ0n) is 9.56. The van der Waals surface area contributed by atoms with E-state index in [1.807, 2.05) is 0 Å². The van der Waals surface area contributed by atoms with E-state index in [9.17, 15) is 0 Å². The summed E-state index contributed by atoms with van der Waals surface area (Å²) in [4.78, 5) is 2.47. The first kappa shape index (κ1) is 11.0.